The van der Waals surface area contributed by atoms with Crippen LogP contribution in [-0.4, -0.2) is 0 Å². The first-order valence-corrected chi connectivity index (χ1v) is 13.4. The zero-order valence-corrected chi connectivity index (χ0v) is 22.8. The SMILES string of the molecule is CC1(C)C2=Cc3ccc(Br)cc3C2C(C)(C)C2=C1c1cc(Cc3ccccc3)c(Br)cc1C2. The van der Waals surface area contributed by atoms with Crippen LogP contribution in [0.2, 0.25) is 0 Å². The fourth-order valence-electron chi connectivity index (χ4n) is 6.68. The Kier molecular flexibility index (Phi) is 4.78. The van der Waals surface area contributed by atoms with Crippen LogP contribution in [0, 0.1) is 10.8 Å². The molecule has 3 aromatic rings. The van der Waals surface area contributed by atoms with Crippen LogP contribution in [-0.2, 0) is 12.8 Å². The topological polar surface area (TPSA) is 0 Å². The number of hydrogen-bond donors (Lipinski definition) is 0. The lowest BCUT2D eigenvalue weighted by molar-refractivity contribution is 0.328. The number of allylic oxidation sites excluding steroid dienone is 3. The lowest BCUT2D eigenvalue weighted by Gasteiger charge is -2.48. The summed E-state index contributed by atoms with van der Waals surface area (Å²) in [6.07, 6.45) is 4.49. The van der Waals surface area contributed by atoms with E-state index in [1.807, 2.05) is 0 Å². The third-order valence-corrected chi connectivity index (χ3v) is 9.51. The molecule has 33 heavy (non-hydrogen) atoms. The molecule has 0 nitrogen and oxygen atoms in total. The van der Waals surface area contributed by atoms with E-state index >= 15 is 0 Å². The van der Waals surface area contributed by atoms with Gasteiger partial charge in [0.15, 0.2) is 0 Å². The predicted octanol–water partition coefficient (Wildman–Crippen LogP) is 9.36. The van der Waals surface area contributed by atoms with Gasteiger partial charge in [-0.2, -0.15) is 0 Å². The van der Waals surface area contributed by atoms with Crippen molar-refractivity contribution >= 4 is 43.5 Å². The van der Waals surface area contributed by atoms with Gasteiger partial charge < -0.3 is 0 Å². The van der Waals surface area contributed by atoms with Crippen LogP contribution in [0.5, 0.6) is 0 Å². The zero-order valence-electron chi connectivity index (χ0n) is 19.6. The second-order valence-corrected chi connectivity index (χ2v) is 12.7. The van der Waals surface area contributed by atoms with Crippen molar-refractivity contribution in [1.29, 1.82) is 0 Å². The summed E-state index contributed by atoms with van der Waals surface area (Å²) in [5.41, 5.74) is 13.4. The summed E-state index contributed by atoms with van der Waals surface area (Å²) in [4.78, 5) is 0. The molecule has 0 heterocycles. The molecule has 3 aliphatic carbocycles. The van der Waals surface area contributed by atoms with Crippen molar-refractivity contribution < 1.29 is 0 Å². The van der Waals surface area contributed by atoms with Gasteiger partial charge in [0, 0.05) is 20.3 Å². The minimum absolute atomic E-state index is 0.00408. The highest BCUT2D eigenvalue weighted by molar-refractivity contribution is 9.10. The van der Waals surface area contributed by atoms with Gasteiger partial charge in [0.25, 0.3) is 0 Å². The quantitative estimate of drug-likeness (QED) is 0.293. The summed E-state index contributed by atoms with van der Waals surface area (Å²) in [7, 11) is 0. The smallest absolute Gasteiger partial charge is 0.0213 e. The van der Waals surface area contributed by atoms with Crippen molar-refractivity contribution in [3.8, 4) is 0 Å². The van der Waals surface area contributed by atoms with E-state index in [0.29, 0.717) is 5.92 Å². The van der Waals surface area contributed by atoms with Crippen molar-refractivity contribution in [3.05, 3.63) is 114 Å². The highest BCUT2D eigenvalue weighted by Gasteiger charge is 2.53. The van der Waals surface area contributed by atoms with E-state index < -0.39 is 0 Å². The molecule has 0 N–H and O–H groups in total. The average molecular weight is 560 g/mol. The summed E-state index contributed by atoms with van der Waals surface area (Å²) >= 11 is 7.64. The molecule has 1 atom stereocenters. The molecule has 166 valence electrons. The number of rotatable bonds is 2. The summed E-state index contributed by atoms with van der Waals surface area (Å²) in [5, 5.41) is 0. The van der Waals surface area contributed by atoms with Gasteiger partial charge in [-0.25, -0.2) is 0 Å². The molecular formula is C31H28Br2. The van der Waals surface area contributed by atoms with Gasteiger partial charge in [0.05, 0.1) is 0 Å². The van der Waals surface area contributed by atoms with Gasteiger partial charge in [-0.1, -0.05) is 113 Å². The normalized spacial score (nSPS) is 21.3. The number of fused-ring (bicyclic) bond motifs is 5. The third-order valence-electron chi connectivity index (χ3n) is 8.28. The molecule has 0 fully saturated rings. The Morgan fingerprint density at radius 2 is 1.67 bits per heavy atom. The maximum Gasteiger partial charge on any atom is 0.0213 e. The van der Waals surface area contributed by atoms with Crippen LogP contribution >= 0.6 is 31.9 Å². The first-order chi connectivity index (χ1) is 15.7. The molecule has 6 rings (SSSR count). The first kappa shape index (κ1) is 21.6. The molecule has 3 aliphatic rings. The van der Waals surface area contributed by atoms with E-state index in [9.17, 15) is 0 Å². The Bertz CT molecular complexity index is 1370. The highest BCUT2D eigenvalue weighted by atomic mass is 79.9. The predicted molar refractivity (Wildman–Crippen MR) is 146 cm³/mol. The molecule has 0 radical (unpaired) electrons. The summed E-state index contributed by atoms with van der Waals surface area (Å²) in [5.74, 6) is 0.431. The van der Waals surface area contributed by atoms with Gasteiger partial charge in [-0.15, -0.1) is 0 Å². The van der Waals surface area contributed by atoms with E-state index in [1.54, 1.807) is 16.7 Å². The fourth-order valence-corrected chi connectivity index (χ4v) is 7.59. The Labute approximate surface area is 214 Å². The van der Waals surface area contributed by atoms with Gasteiger partial charge in [-0.05, 0) is 81.5 Å². The Hall–Kier alpha value is -1.90. The van der Waals surface area contributed by atoms with Crippen LogP contribution in [0.25, 0.3) is 11.6 Å². The molecule has 0 aliphatic heterocycles. The molecule has 0 aromatic heterocycles. The lowest BCUT2D eigenvalue weighted by Crippen LogP contribution is -2.36. The van der Waals surface area contributed by atoms with E-state index in [-0.39, 0.29) is 10.8 Å². The van der Waals surface area contributed by atoms with E-state index in [0.717, 1.165) is 12.8 Å². The summed E-state index contributed by atoms with van der Waals surface area (Å²) < 4.78 is 2.41. The summed E-state index contributed by atoms with van der Waals surface area (Å²) in [6, 6.07) is 22.5. The van der Waals surface area contributed by atoms with Crippen LogP contribution in [0.4, 0.5) is 0 Å². The van der Waals surface area contributed by atoms with Crippen molar-refractivity contribution in [2.24, 2.45) is 10.8 Å². The molecule has 0 amide bonds. The molecule has 0 saturated carbocycles. The zero-order chi connectivity index (χ0) is 23.1. The number of halogens is 2. The van der Waals surface area contributed by atoms with Crippen molar-refractivity contribution in [1.82, 2.24) is 0 Å². The fraction of sp³-hybridized carbons (Fsp3) is 0.290. The summed E-state index contributed by atoms with van der Waals surface area (Å²) in [6.45, 7) is 9.84. The molecular weight excluding hydrogens is 532 g/mol. The maximum absolute atomic E-state index is 3.91. The van der Waals surface area contributed by atoms with E-state index in [2.05, 4.69) is 126 Å². The van der Waals surface area contributed by atoms with E-state index in [4.69, 9.17) is 0 Å². The molecule has 0 saturated heterocycles. The van der Waals surface area contributed by atoms with Gasteiger partial charge in [0.1, 0.15) is 0 Å². The molecule has 0 spiro atoms. The van der Waals surface area contributed by atoms with Crippen LogP contribution in [0.1, 0.15) is 67.0 Å². The van der Waals surface area contributed by atoms with E-state index in [1.165, 1.54) is 42.3 Å². The number of hydrogen-bond acceptors (Lipinski definition) is 0. The Morgan fingerprint density at radius 1 is 0.909 bits per heavy atom. The van der Waals surface area contributed by atoms with Gasteiger partial charge >= 0.3 is 0 Å². The molecule has 3 aromatic carbocycles. The van der Waals surface area contributed by atoms with Crippen molar-refractivity contribution in [2.75, 3.05) is 0 Å². The largest absolute Gasteiger partial charge is 0.0622 e. The Balaban J connectivity index is 1.52. The van der Waals surface area contributed by atoms with Crippen LogP contribution in [0.3, 0.4) is 0 Å². The average Bonchev–Trinajstić information content (AvgIpc) is 3.34. The Morgan fingerprint density at radius 3 is 2.42 bits per heavy atom. The second-order valence-electron chi connectivity index (χ2n) is 10.9. The first-order valence-electron chi connectivity index (χ1n) is 11.8. The monoisotopic (exact) mass is 558 g/mol. The molecule has 2 heteroatoms. The second kappa shape index (κ2) is 7.30. The van der Waals surface area contributed by atoms with Gasteiger partial charge in [-0.3, -0.25) is 0 Å². The third kappa shape index (κ3) is 3.13. The highest BCUT2D eigenvalue weighted by Crippen LogP contribution is 2.67. The van der Waals surface area contributed by atoms with Crippen LogP contribution in [0.15, 0.2) is 80.8 Å². The molecule has 1 unspecified atom stereocenters. The minimum atomic E-state index is 0.00408. The standard InChI is InChI=1S/C31H28Br2/c1-30(2)25-14-19-10-11-22(32)17-24(19)29(25)31(3,4)26-15-20-16-27(33)21(13-23(20)28(26)30)12-18-8-6-5-7-9-18/h5-11,13-14,16-17,29H,12,15H2,1-4H3. The van der Waals surface area contributed by atoms with Gasteiger partial charge in [0.2, 0.25) is 0 Å². The lowest BCUT2D eigenvalue weighted by atomic mass is 9.55. The van der Waals surface area contributed by atoms with Crippen molar-refractivity contribution in [2.45, 2.75) is 46.5 Å². The van der Waals surface area contributed by atoms with Crippen molar-refractivity contribution in [3.63, 3.8) is 0 Å². The maximum atomic E-state index is 3.91. The number of benzene rings is 3. The molecule has 0 bridgehead atoms. The minimum Gasteiger partial charge on any atom is -0.0622 e. The van der Waals surface area contributed by atoms with Crippen LogP contribution < -0.4 is 0 Å².